The van der Waals surface area contributed by atoms with Crippen molar-refractivity contribution in [2.45, 2.75) is 70.1 Å². The number of nitrogens with zero attached hydrogens (tertiary/aromatic N) is 1. The molecule has 0 radical (unpaired) electrons. The fourth-order valence-electron chi connectivity index (χ4n) is 5.73. The number of Topliss-reactive ketones (excluding diaryl/α,β-unsaturated/α-hetero) is 1. The van der Waals surface area contributed by atoms with Crippen molar-refractivity contribution < 1.29 is 35.2 Å². The summed E-state index contributed by atoms with van der Waals surface area (Å²) in [6.07, 6.45) is -3.36. The summed E-state index contributed by atoms with van der Waals surface area (Å²) in [6, 6.07) is 16.8. The summed E-state index contributed by atoms with van der Waals surface area (Å²) in [6.45, 7) is 6.15. The van der Waals surface area contributed by atoms with Crippen molar-refractivity contribution in [1.29, 1.82) is 0 Å². The van der Waals surface area contributed by atoms with Crippen LogP contribution in [0.2, 0.25) is 0 Å². The lowest BCUT2D eigenvalue weighted by Gasteiger charge is -2.24. The Morgan fingerprint density at radius 3 is 2.05 bits per heavy atom. The number of sulfonamides is 1. The van der Waals surface area contributed by atoms with Crippen LogP contribution in [0.15, 0.2) is 76.0 Å². The third kappa shape index (κ3) is 6.17. The first-order valence-corrected chi connectivity index (χ1v) is 15.2. The standard InChI is InChI=1S/C33H31F4NO4S/c1-20-13-21(2)31(22(3)14-20)43(40,41)38(19-29-9-10-30(42-29)33(35,36)37)18-24-5-7-25(8-6-24)26-15-27(17-28(34)16-26)32(11-12-32)23(4)39/h5-10,13-17H,11-12,18-19H2,1-4H3. The summed E-state index contributed by atoms with van der Waals surface area (Å²) in [7, 11) is -4.18. The van der Waals surface area contributed by atoms with Crippen molar-refractivity contribution in [1.82, 2.24) is 4.31 Å². The number of hydrogen-bond acceptors (Lipinski definition) is 4. The summed E-state index contributed by atoms with van der Waals surface area (Å²) in [5, 5.41) is 0. The highest BCUT2D eigenvalue weighted by Gasteiger charge is 2.49. The maximum Gasteiger partial charge on any atom is 0.449 e. The summed E-state index contributed by atoms with van der Waals surface area (Å²) in [4.78, 5) is 12.3. The van der Waals surface area contributed by atoms with E-state index >= 15 is 0 Å². The van der Waals surface area contributed by atoms with E-state index in [1.807, 2.05) is 6.92 Å². The molecule has 1 saturated carbocycles. The van der Waals surface area contributed by atoms with E-state index in [9.17, 15) is 30.8 Å². The average molecular weight is 614 g/mol. The van der Waals surface area contributed by atoms with Crippen LogP contribution in [0, 0.1) is 26.6 Å². The molecule has 4 aromatic rings. The molecule has 0 atom stereocenters. The van der Waals surface area contributed by atoms with E-state index in [2.05, 4.69) is 0 Å². The second kappa shape index (κ2) is 11.1. The average Bonchev–Trinajstić information content (AvgIpc) is 3.59. The van der Waals surface area contributed by atoms with Crippen LogP contribution in [0.3, 0.4) is 0 Å². The van der Waals surface area contributed by atoms with Gasteiger partial charge in [0.2, 0.25) is 15.8 Å². The molecule has 10 heteroatoms. The van der Waals surface area contributed by atoms with Gasteiger partial charge < -0.3 is 4.42 Å². The molecule has 43 heavy (non-hydrogen) atoms. The molecule has 0 saturated heterocycles. The first-order valence-electron chi connectivity index (χ1n) is 13.8. The number of rotatable bonds is 9. The molecule has 3 aromatic carbocycles. The molecule has 1 heterocycles. The van der Waals surface area contributed by atoms with Gasteiger partial charge >= 0.3 is 6.18 Å². The SMILES string of the molecule is CC(=O)C1(c2cc(F)cc(-c3ccc(CN(Cc4ccc(C(F)(F)F)o4)S(=O)(=O)c4c(C)cc(C)cc4C)cc3)c2)CC1. The van der Waals surface area contributed by atoms with E-state index < -0.39 is 39.7 Å². The van der Waals surface area contributed by atoms with Crippen LogP contribution in [-0.4, -0.2) is 18.5 Å². The Bertz CT molecular complexity index is 1780. The molecule has 0 unspecified atom stereocenters. The topological polar surface area (TPSA) is 67.6 Å². The maximum absolute atomic E-state index is 14.6. The van der Waals surface area contributed by atoms with Gasteiger partial charge in [0.1, 0.15) is 17.4 Å². The first-order chi connectivity index (χ1) is 20.1. The first kappa shape index (κ1) is 30.7. The molecule has 1 aliphatic carbocycles. The number of furan rings is 1. The third-order valence-electron chi connectivity index (χ3n) is 8.00. The van der Waals surface area contributed by atoms with Crippen LogP contribution in [0.25, 0.3) is 11.1 Å². The van der Waals surface area contributed by atoms with Gasteiger partial charge in [0.05, 0.1) is 16.9 Å². The number of aryl methyl sites for hydroxylation is 3. The van der Waals surface area contributed by atoms with E-state index in [1.54, 1.807) is 56.3 Å². The van der Waals surface area contributed by atoms with Gasteiger partial charge in [0, 0.05) is 6.54 Å². The number of benzene rings is 3. The summed E-state index contributed by atoms with van der Waals surface area (Å²) in [5.74, 6) is -1.82. The number of ketones is 1. The Balaban J connectivity index is 1.48. The summed E-state index contributed by atoms with van der Waals surface area (Å²) in [5.41, 5.74) is 3.74. The zero-order chi connectivity index (χ0) is 31.3. The van der Waals surface area contributed by atoms with Gasteiger partial charge in [-0.2, -0.15) is 17.5 Å². The molecular weight excluding hydrogens is 582 g/mol. The normalized spacial score (nSPS) is 14.7. The van der Waals surface area contributed by atoms with Gasteiger partial charge in [-0.05, 0) is 104 Å². The van der Waals surface area contributed by atoms with Crippen molar-refractivity contribution in [3.63, 3.8) is 0 Å². The Labute approximate surface area is 248 Å². The lowest BCUT2D eigenvalue weighted by Crippen LogP contribution is -2.31. The Hall–Kier alpha value is -3.76. The van der Waals surface area contributed by atoms with Gasteiger partial charge in [-0.1, -0.05) is 42.0 Å². The Kier molecular flexibility index (Phi) is 7.89. The zero-order valence-corrected chi connectivity index (χ0v) is 25.0. The molecule has 5 rings (SSSR count). The van der Waals surface area contributed by atoms with E-state index in [0.717, 1.165) is 22.0 Å². The number of alkyl halides is 3. The largest absolute Gasteiger partial charge is 0.455 e. The van der Waals surface area contributed by atoms with Gasteiger partial charge in [-0.25, -0.2) is 12.8 Å². The highest BCUT2D eigenvalue weighted by Crippen LogP contribution is 2.49. The van der Waals surface area contributed by atoms with Crippen molar-refractivity contribution in [3.8, 4) is 11.1 Å². The fraction of sp³-hybridized carbons (Fsp3) is 0.303. The highest BCUT2D eigenvalue weighted by molar-refractivity contribution is 7.89. The molecule has 1 aliphatic rings. The van der Waals surface area contributed by atoms with Gasteiger partial charge in [0.15, 0.2) is 0 Å². The van der Waals surface area contributed by atoms with Crippen LogP contribution < -0.4 is 0 Å². The van der Waals surface area contributed by atoms with Crippen molar-refractivity contribution >= 4 is 15.8 Å². The molecule has 0 aliphatic heterocycles. The van der Waals surface area contributed by atoms with Crippen molar-refractivity contribution in [3.05, 3.63) is 112 Å². The molecule has 0 bridgehead atoms. The number of carbonyl (C=O) groups is 1. The molecule has 1 fully saturated rings. The van der Waals surface area contributed by atoms with Gasteiger partial charge in [0.25, 0.3) is 0 Å². The van der Waals surface area contributed by atoms with E-state index in [0.29, 0.717) is 46.2 Å². The van der Waals surface area contributed by atoms with E-state index in [4.69, 9.17) is 4.42 Å². The predicted molar refractivity (Wildman–Crippen MR) is 154 cm³/mol. The lowest BCUT2D eigenvalue weighted by atomic mass is 9.89. The van der Waals surface area contributed by atoms with Crippen LogP contribution in [-0.2, 0) is 39.5 Å². The number of halogens is 4. The number of carbonyl (C=O) groups excluding carboxylic acids is 1. The fourth-order valence-corrected chi connectivity index (χ4v) is 7.53. The molecule has 226 valence electrons. The molecule has 0 N–H and O–H groups in total. The highest BCUT2D eigenvalue weighted by atomic mass is 32.2. The molecule has 0 spiro atoms. The second-order valence-corrected chi connectivity index (χ2v) is 13.2. The van der Waals surface area contributed by atoms with Crippen LogP contribution in [0.4, 0.5) is 17.6 Å². The molecule has 1 aromatic heterocycles. The molecule has 0 amide bonds. The minimum absolute atomic E-state index is 0.00124. The molecular formula is C33H31F4NO4S. The summed E-state index contributed by atoms with van der Waals surface area (Å²) >= 11 is 0. The third-order valence-corrected chi connectivity index (χ3v) is 10.1. The van der Waals surface area contributed by atoms with Gasteiger partial charge in [-0.15, -0.1) is 0 Å². The second-order valence-electron chi connectivity index (χ2n) is 11.3. The van der Waals surface area contributed by atoms with Crippen molar-refractivity contribution in [2.24, 2.45) is 0 Å². The van der Waals surface area contributed by atoms with Gasteiger partial charge in [-0.3, -0.25) is 4.79 Å². The van der Waals surface area contributed by atoms with Crippen LogP contribution in [0.5, 0.6) is 0 Å². The number of hydrogen-bond donors (Lipinski definition) is 0. The molecule has 5 nitrogen and oxygen atoms in total. The Morgan fingerprint density at radius 2 is 1.51 bits per heavy atom. The predicted octanol–water partition coefficient (Wildman–Crippen LogP) is 8.04. The van der Waals surface area contributed by atoms with E-state index in [-0.39, 0.29) is 23.0 Å². The zero-order valence-electron chi connectivity index (χ0n) is 24.2. The quantitative estimate of drug-likeness (QED) is 0.179. The van der Waals surface area contributed by atoms with Crippen molar-refractivity contribution in [2.75, 3.05) is 0 Å². The van der Waals surface area contributed by atoms with Crippen LogP contribution >= 0.6 is 0 Å². The monoisotopic (exact) mass is 613 g/mol. The smallest absolute Gasteiger partial charge is 0.449 e. The minimum atomic E-state index is -4.71. The Morgan fingerprint density at radius 1 is 0.884 bits per heavy atom. The van der Waals surface area contributed by atoms with E-state index in [1.165, 1.54) is 19.1 Å². The minimum Gasteiger partial charge on any atom is -0.455 e. The van der Waals surface area contributed by atoms with Crippen LogP contribution in [0.1, 0.15) is 59.1 Å². The summed E-state index contributed by atoms with van der Waals surface area (Å²) < 4.78 is 88.3. The lowest BCUT2D eigenvalue weighted by molar-refractivity contribution is -0.153. The maximum atomic E-state index is 14.6.